The number of aryl methyl sites for hydroxylation is 1. The fraction of sp³-hybridized carbons (Fsp3) is 0.600. The maximum absolute atomic E-state index is 11.9. The van der Waals surface area contributed by atoms with Crippen LogP contribution in [0.15, 0.2) is 6.20 Å². The van der Waals surface area contributed by atoms with Gasteiger partial charge in [-0.15, -0.1) is 0 Å². The van der Waals surface area contributed by atoms with Crippen LogP contribution < -0.4 is 11.1 Å². The molecule has 0 aliphatic heterocycles. The molecule has 3 N–H and O–H groups in total. The highest BCUT2D eigenvalue weighted by atomic mass is 16.2. The molecule has 1 aromatic heterocycles. The fourth-order valence-electron chi connectivity index (χ4n) is 1.53. The van der Waals surface area contributed by atoms with E-state index in [9.17, 15) is 4.79 Å². The van der Waals surface area contributed by atoms with E-state index < -0.39 is 0 Å². The van der Waals surface area contributed by atoms with Crippen LogP contribution in [0.3, 0.4) is 0 Å². The van der Waals surface area contributed by atoms with E-state index in [0.717, 1.165) is 12.8 Å². The average Bonchev–Trinajstić information content (AvgIpc) is 2.77. The van der Waals surface area contributed by atoms with Crippen molar-refractivity contribution in [1.29, 1.82) is 0 Å². The smallest absolute Gasteiger partial charge is 0.272 e. The van der Waals surface area contributed by atoms with E-state index in [0.29, 0.717) is 17.9 Å². The van der Waals surface area contributed by atoms with Crippen LogP contribution in [0.4, 0.5) is 5.69 Å². The van der Waals surface area contributed by atoms with Crippen LogP contribution in [0.25, 0.3) is 0 Å². The standard InChI is InChI=1S/C10H16N4O/c1-3-14-8(7(11)6-12-14)9(15)13-10(2)4-5-10/h6H,3-5,11H2,1-2H3,(H,13,15). The fourth-order valence-corrected chi connectivity index (χ4v) is 1.53. The Hall–Kier alpha value is -1.52. The van der Waals surface area contributed by atoms with Crippen molar-refractivity contribution in [2.75, 3.05) is 5.73 Å². The minimum Gasteiger partial charge on any atom is -0.396 e. The molecule has 2 rings (SSSR count). The molecule has 0 saturated heterocycles. The number of nitrogens with zero attached hydrogens (tertiary/aromatic N) is 2. The summed E-state index contributed by atoms with van der Waals surface area (Å²) in [7, 11) is 0. The highest BCUT2D eigenvalue weighted by Gasteiger charge is 2.39. The number of carbonyl (C=O) groups excluding carboxylic acids is 1. The highest BCUT2D eigenvalue weighted by Crippen LogP contribution is 2.34. The molecule has 1 saturated carbocycles. The van der Waals surface area contributed by atoms with E-state index >= 15 is 0 Å². The van der Waals surface area contributed by atoms with Gasteiger partial charge in [-0.2, -0.15) is 5.10 Å². The summed E-state index contributed by atoms with van der Waals surface area (Å²) in [5, 5.41) is 7.00. The molecule has 0 atom stereocenters. The number of nitrogens with two attached hydrogens (primary N) is 1. The van der Waals surface area contributed by atoms with Gasteiger partial charge in [0.2, 0.25) is 0 Å². The Kier molecular flexibility index (Phi) is 2.17. The molecule has 1 aliphatic carbocycles. The Bertz CT molecular complexity index is 392. The third-order valence-corrected chi connectivity index (χ3v) is 2.80. The molecule has 1 aliphatic rings. The van der Waals surface area contributed by atoms with Crippen molar-refractivity contribution in [1.82, 2.24) is 15.1 Å². The maximum Gasteiger partial charge on any atom is 0.272 e. The zero-order valence-corrected chi connectivity index (χ0v) is 9.08. The van der Waals surface area contributed by atoms with Gasteiger partial charge in [0.1, 0.15) is 5.69 Å². The summed E-state index contributed by atoms with van der Waals surface area (Å²) < 4.78 is 1.62. The average molecular weight is 208 g/mol. The first-order valence-electron chi connectivity index (χ1n) is 5.19. The van der Waals surface area contributed by atoms with Gasteiger partial charge in [0.05, 0.1) is 11.9 Å². The number of hydrogen-bond acceptors (Lipinski definition) is 3. The van der Waals surface area contributed by atoms with Crippen molar-refractivity contribution in [3.63, 3.8) is 0 Å². The third kappa shape index (κ3) is 1.82. The van der Waals surface area contributed by atoms with E-state index in [2.05, 4.69) is 10.4 Å². The molecule has 1 amide bonds. The normalized spacial score (nSPS) is 17.5. The van der Waals surface area contributed by atoms with Gasteiger partial charge in [0.15, 0.2) is 0 Å². The van der Waals surface area contributed by atoms with Crippen LogP contribution in [-0.2, 0) is 6.54 Å². The first-order valence-corrected chi connectivity index (χ1v) is 5.19. The Morgan fingerprint density at radius 1 is 1.73 bits per heavy atom. The molecule has 0 unspecified atom stereocenters. The van der Waals surface area contributed by atoms with Crippen LogP contribution in [-0.4, -0.2) is 21.2 Å². The van der Waals surface area contributed by atoms with Gasteiger partial charge in [-0.05, 0) is 26.7 Å². The molecule has 82 valence electrons. The van der Waals surface area contributed by atoms with Crippen molar-refractivity contribution in [2.45, 2.75) is 38.8 Å². The third-order valence-electron chi connectivity index (χ3n) is 2.80. The summed E-state index contributed by atoms with van der Waals surface area (Å²) >= 11 is 0. The molecule has 1 heterocycles. The monoisotopic (exact) mass is 208 g/mol. The van der Waals surface area contributed by atoms with Crippen LogP contribution >= 0.6 is 0 Å². The van der Waals surface area contributed by atoms with E-state index in [-0.39, 0.29) is 11.4 Å². The molecule has 5 nitrogen and oxygen atoms in total. The Balaban J connectivity index is 2.20. The SMILES string of the molecule is CCn1ncc(N)c1C(=O)NC1(C)CC1. The molecule has 0 spiro atoms. The van der Waals surface area contributed by atoms with Crippen molar-refractivity contribution in [3.8, 4) is 0 Å². The van der Waals surface area contributed by atoms with Gasteiger partial charge >= 0.3 is 0 Å². The number of carbonyl (C=O) groups is 1. The molecular weight excluding hydrogens is 192 g/mol. The Morgan fingerprint density at radius 3 is 2.93 bits per heavy atom. The summed E-state index contributed by atoms with van der Waals surface area (Å²) in [4.78, 5) is 11.9. The van der Waals surface area contributed by atoms with Crippen LogP contribution in [0.1, 0.15) is 37.2 Å². The van der Waals surface area contributed by atoms with Crippen molar-refractivity contribution in [2.24, 2.45) is 0 Å². The second-order valence-corrected chi connectivity index (χ2v) is 4.28. The maximum atomic E-state index is 11.9. The second-order valence-electron chi connectivity index (χ2n) is 4.28. The van der Waals surface area contributed by atoms with E-state index in [1.165, 1.54) is 6.20 Å². The molecule has 1 aromatic rings. The molecule has 0 bridgehead atoms. The van der Waals surface area contributed by atoms with E-state index in [1.54, 1.807) is 4.68 Å². The number of anilines is 1. The first kappa shape index (κ1) is 10.0. The lowest BCUT2D eigenvalue weighted by Gasteiger charge is -2.12. The van der Waals surface area contributed by atoms with E-state index in [1.807, 2.05) is 13.8 Å². The topological polar surface area (TPSA) is 72.9 Å². The summed E-state index contributed by atoms with van der Waals surface area (Å²) in [6.45, 7) is 4.62. The number of hydrogen-bond donors (Lipinski definition) is 2. The quantitative estimate of drug-likeness (QED) is 0.770. The number of amides is 1. The van der Waals surface area contributed by atoms with Crippen LogP contribution in [0.2, 0.25) is 0 Å². The van der Waals surface area contributed by atoms with Gasteiger partial charge in [0, 0.05) is 12.1 Å². The Morgan fingerprint density at radius 2 is 2.40 bits per heavy atom. The first-order chi connectivity index (χ1) is 7.06. The Labute approximate surface area is 88.6 Å². The molecule has 15 heavy (non-hydrogen) atoms. The minimum atomic E-state index is -0.119. The number of nitrogens with one attached hydrogen (secondary N) is 1. The van der Waals surface area contributed by atoms with Gasteiger partial charge in [0.25, 0.3) is 5.91 Å². The lowest BCUT2D eigenvalue weighted by Crippen LogP contribution is -2.36. The van der Waals surface area contributed by atoms with Crippen molar-refractivity contribution in [3.05, 3.63) is 11.9 Å². The van der Waals surface area contributed by atoms with Gasteiger partial charge in [-0.25, -0.2) is 0 Å². The minimum absolute atomic E-state index is 0.0215. The number of aromatic nitrogens is 2. The van der Waals surface area contributed by atoms with Crippen LogP contribution in [0, 0.1) is 0 Å². The molecule has 0 aromatic carbocycles. The van der Waals surface area contributed by atoms with E-state index in [4.69, 9.17) is 5.73 Å². The zero-order valence-electron chi connectivity index (χ0n) is 9.08. The van der Waals surface area contributed by atoms with Gasteiger partial charge in [-0.1, -0.05) is 0 Å². The largest absolute Gasteiger partial charge is 0.396 e. The van der Waals surface area contributed by atoms with Crippen LogP contribution in [0.5, 0.6) is 0 Å². The summed E-state index contributed by atoms with van der Waals surface area (Å²) in [5.41, 5.74) is 6.61. The van der Waals surface area contributed by atoms with Crippen molar-refractivity contribution >= 4 is 11.6 Å². The van der Waals surface area contributed by atoms with Crippen molar-refractivity contribution < 1.29 is 4.79 Å². The van der Waals surface area contributed by atoms with Gasteiger partial charge in [-0.3, -0.25) is 9.48 Å². The second kappa shape index (κ2) is 3.25. The molecule has 0 radical (unpaired) electrons. The number of rotatable bonds is 3. The molecule has 5 heteroatoms. The number of nitrogen functional groups attached to an aromatic ring is 1. The predicted octanol–water partition coefficient (Wildman–Crippen LogP) is 0.767. The predicted molar refractivity (Wildman–Crippen MR) is 57.4 cm³/mol. The lowest BCUT2D eigenvalue weighted by molar-refractivity contribution is 0.0925. The zero-order chi connectivity index (χ0) is 11.1. The summed E-state index contributed by atoms with van der Waals surface area (Å²) in [6.07, 6.45) is 3.60. The summed E-state index contributed by atoms with van der Waals surface area (Å²) in [5.74, 6) is -0.119. The molecule has 1 fully saturated rings. The lowest BCUT2D eigenvalue weighted by atomic mass is 10.2. The van der Waals surface area contributed by atoms with Gasteiger partial charge < -0.3 is 11.1 Å². The molecular formula is C10H16N4O. The summed E-state index contributed by atoms with van der Waals surface area (Å²) in [6, 6.07) is 0. The highest BCUT2D eigenvalue weighted by molar-refractivity contribution is 5.97.